The van der Waals surface area contributed by atoms with E-state index in [9.17, 15) is 4.79 Å². The zero-order valence-corrected chi connectivity index (χ0v) is 14.7. The molecule has 1 aromatic carbocycles. The fraction of sp³-hybridized carbons (Fsp3) is 0.526. The van der Waals surface area contributed by atoms with Gasteiger partial charge in [-0.15, -0.1) is 6.58 Å². The summed E-state index contributed by atoms with van der Waals surface area (Å²) >= 11 is 0. The Bertz CT molecular complexity index is 498. The largest absolute Gasteiger partial charge is 0.493 e. The zero-order chi connectivity index (χ0) is 17.1. The molecule has 0 saturated heterocycles. The minimum absolute atomic E-state index is 0.0467. The van der Waals surface area contributed by atoms with Crippen molar-refractivity contribution in [1.82, 2.24) is 5.32 Å². The van der Waals surface area contributed by atoms with E-state index < -0.39 is 0 Å². The number of nitrogens with one attached hydrogen (secondary N) is 2. The molecule has 4 heteroatoms. The average molecular weight is 318 g/mol. The van der Waals surface area contributed by atoms with Crippen LogP contribution in [-0.2, 0) is 11.2 Å². The summed E-state index contributed by atoms with van der Waals surface area (Å²) in [5.41, 5.74) is 1.86. The number of ether oxygens (including phenoxy) is 1. The third-order valence-corrected chi connectivity index (χ3v) is 3.32. The molecule has 1 amide bonds. The second-order valence-corrected chi connectivity index (χ2v) is 5.92. The van der Waals surface area contributed by atoms with Gasteiger partial charge in [0.05, 0.1) is 6.61 Å². The third kappa shape index (κ3) is 7.84. The molecule has 0 saturated carbocycles. The van der Waals surface area contributed by atoms with E-state index in [0.29, 0.717) is 19.1 Å². The molecule has 4 nitrogen and oxygen atoms in total. The normalized spacial score (nSPS) is 10.6. The van der Waals surface area contributed by atoms with Crippen molar-refractivity contribution in [1.29, 1.82) is 0 Å². The highest BCUT2D eigenvalue weighted by Gasteiger charge is 2.07. The topological polar surface area (TPSA) is 50.4 Å². The van der Waals surface area contributed by atoms with E-state index in [1.165, 1.54) is 0 Å². The molecule has 23 heavy (non-hydrogen) atoms. The SMILES string of the molecule is C=CCc1cc(NC(=O)CCC)ccc1OCCCNC(C)C. The first-order valence-electron chi connectivity index (χ1n) is 8.46. The van der Waals surface area contributed by atoms with Crippen LogP contribution in [0.25, 0.3) is 0 Å². The predicted molar refractivity (Wildman–Crippen MR) is 97.1 cm³/mol. The first-order chi connectivity index (χ1) is 11.1. The molecule has 0 heterocycles. The Hall–Kier alpha value is -1.81. The number of carbonyl (C=O) groups excluding carboxylic acids is 1. The van der Waals surface area contributed by atoms with E-state index in [0.717, 1.165) is 42.8 Å². The lowest BCUT2D eigenvalue weighted by Gasteiger charge is -2.14. The molecular weight excluding hydrogens is 288 g/mol. The highest BCUT2D eigenvalue weighted by atomic mass is 16.5. The molecule has 0 aliphatic rings. The summed E-state index contributed by atoms with van der Waals surface area (Å²) in [6.45, 7) is 11.7. The second kappa shape index (κ2) is 10.8. The van der Waals surface area contributed by atoms with Gasteiger partial charge in [0.15, 0.2) is 0 Å². The quantitative estimate of drug-likeness (QED) is 0.480. The molecule has 0 aliphatic heterocycles. The van der Waals surface area contributed by atoms with Crippen LogP contribution in [0.3, 0.4) is 0 Å². The van der Waals surface area contributed by atoms with Crippen molar-refractivity contribution in [2.75, 3.05) is 18.5 Å². The summed E-state index contributed by atoms with van der Waals surface area (Å²) in [7, 11) is 0. The molecule has 0 spiro atoms. The van der Waals surface area contributed by atoms with Crippen molar-refractivity contribution < 1.29 is 9.53 Å². The summed E-state index contributed by atoms with van der Waals surface area (Å²) < 4.78 is 5.88. The van der Waals surface area contributed by atoms with Crippen LogP contribution in [0.4, 0.5) is 5.69 Å². The van der Waals surface area contributed by atoms with Gasteiger partial charge >= 0.3 is 0 Å². The highest BCUT2D eigenvalue weighted by molar-refractivity contribution is 5.90. The molecule has 0 aliphatic carbocycles. The van der Waals surface area contributed by atoms with Crippen LogP contribution in [0.1, 0.15) is 45.6 Å². The molecule has 0 radical (unpaired) electrons. The van der Waals surface area contributed by atoms with Gasteiger partial charge in [-0.1, -0.05) is 26.8 Å². The van der Waals surface area contributed by atoms with Crippen LogP contribution < -0.4 is 15.4 Å². The Morgan fingerprint density at radius 3 is 2.83 bits per heavy atom. The molecule has 0 unspecified atom stereocenters. The lowest BCUT2D eigenvalue weighted by molar-refractivity contribution is -0.116. The molecule has 0 fully saturated rings. The number of benzene rings is 1. The number of amides is 1. The summed E-state index contributed by atoms with van der Waals surface area (Å²) in [6, 6.07) is 6.28. The summed E-state index contributed by atoms with van der Waals surface area (Å²) in [4.78, 5) is 11.7. The molecular formula is C19H30N2O2. The number of anilines is 1. The maximum Gasteiger partial charge on any atom is 0.224 e. The van der Waals surface area contributed by atoms with Crippen LogP contribution in [-0.4, -0.2) is 25.1 Å². The fourth-order valence-corrected chi connectivity index (χ4v) is 2.21. The maximum atomic E-state index is 11.7. The molecule has 0 bridgehead atoms. The average Bonchev–Trinajstić information content (AvgIpc) is 2.49. The van der Waals surface area contributed by atoms with E-state index in [2.05, 4.69) is 31.1 Å². The van der Waals surface area contributed by atoms with Crippen LogP contribution in [0.5, 0.6) is 5.75 Å². The van der Waals surface area contributed by atoms with E-state index >= 15 is 0 Å². The van der Waals surface area contributed by atoms with Gasteiger partial charge in [-0.05, 0) is 49.6 Å². The van der Waals surface area contributed by atoms with Gasteiger partial charge in [0, 0.05) is 18.2 Å². The van der Waals surface area contributed by atoms with Gasteiger partial charge in [0.2, 0.25) is 5.91 Å². The monoisotopic (exact) mass is 318 g/mol. The number of allylic oxidation sites excluding steroid dienone is 1. The van der Waals surface area contributed by atoms with Crippen molar-refractivity contribution in [2.24, 2.45) is 0 Å². The molecule has 1 aromatic rings. The summed E-state index contributed by atoms with van der Waals surface area (Å²) in [5.74, 6) is 0.911. The minimum Gasteiger partial charge on any atom is -0.493 e. The summed E-state index contributed by atoms with van der Waals surface area (Å²) in [6.07, 6.45) is 4.91. The summed E-state index contributed by atoms with van der Waals surface area (Å²) in [5, 5.41) is 6.29. The fourth-order valence-electron chi connectivity index (χ4n) is 2.21. The van der Waals surface area contributed by atoms with E-state index in [1.807, 2.05) is 31.2 Å². The Balaban J connectivity index is 2.60. The zero-order valence-electron chi connectivity index (χ0n) is 14.7. The van der Waals surface area contributed by atoms with Crippen LogP contribution in [0.15, 0.2) is 30.9 Å². The van der Waals surface area contributed by atoms with Gasteiger partial charge in [-0.3, -0.25) is 4.79 Å². The van der Waals surface area contributed by atoms with Gasteiger partial charge in [0.25, 0.3) is 0 Å². The number of carbonyl (C=O) groups is 1. The van der Waals surface area contributed by atoms with E-state index in [-0.39, 0.29) is 5.91 Å². The molecule has 128 valence electrons. The smallest absolute Gasteiger partial charge is 0.224 e. The maximum absolute atomic E-state index is 11.7. The van der Waals surface area contributed by atoms with Gasteiger partial charge < -0.3 is 15.4 Å². The van der Waals surface area contributed by atoms with Crippen molar-refractivity contribution in [3.63, 3.8) is 0 Å². The Morgan fingerprint density at radius 1 is 1.39 bits per heavy atom. The number of hydrogen-bond acceptors (Lipinski definition) is 3. The number of hydrogen-bond donors (Lipinski definition) is 2. The van der Waals surface area contributed by atoms with Crippen molar-refractivity contribution in [3.05, 3.63) is 36.4 Å². The van der Waals surface area contributed by atoms with E-state index in [1.54, 1.807) is 0 Å². The van der Waals surface area contributed by atoms with Crippen LogP contribution in [0, 0.1) is 0 Å². The lowest BCUT2D eigenvalue weighted by atomic mass is 10.1. The van der Waals surface area contributed by atoms with Crippen molar-refractivity contribution in [3.8, 4) is 5.75 Å². The van der Waals surface area contributed by atoms with Crippen molar-refractivity contribution in [2.45, 2.75) is 52.5 Å². The molecule has 0 atom stereocenters. The van der Waals surface area contributed by atoms with Gasteiger partial charge in [-0.25, -0.2) is 0 Å². The molecule has 2 N–H and O–H groups in total. The van der Waals surface area contributed by atoms with Gasteiger partial charge in [0.1, 0.15) is 5.75 Å². The molecule has 0 aromatic heterocycles. The van der Waals surface area contributed by atoms with Crippen molar-refractivity contribution >= 4 is 11.6 Å². The Kier molecular flexibility index (Phi) is 9.07. The van der Waals surface area contributed by atoms with Gasteiger partial charge in [-0.2, -0.15) is 0 Å². The highest BCUT2D eigenvalue weighted by Crippen LogP contribution is 2.24. The number of rotatable bonds is 11. The van der Waals surface area contributed by atoms with E-state index in [4.69, 9.17) is 4.74 Å². The standard InChI is InChI=1S/C19H30N2O2/c1-5-8-16-14-17(21-19(22)9-6-2)10-11-18(16)23-13-7-12-20-15(3)4/h5,10-11,14-15,20H,1,6-9,12-13H2,2-4H3,(H,21,22). The minimum atomic E-state index is 0.0467. The second-order valence-electron chi connectivity index (χ2n) is 5.92. The first-order valence-corrected chi connectivity index (χ1v) is 8.46. The van der Waals surface area contributed by atoms with Crippen LogP contribution >= 0.6 is 0 Å². The third-order valence-electron chi connectivity index (χ3n) is 3.32. The Morgan fingerprint density at radius 2 is 2.17 bits per heavy atom. The Labute approximate surface area is 140 Å². The lowest BCUT2D eigenvalue weighted by Crippen LogP contribution is -2.24. The van der Waals surface area contributed by atoms with Crippen LogP contribution in [0.2, 0.25) is 0 Å². The molecule has 1 rings (SSSR count). The predicted octanol–water partition coefficient (Wildman–Crippen LogP) is 3.92. The first kappa shape index (κ1) is 19.2.